The number of halogens is 1. The van der Waals surface area contributed by atoms with E-state index in [0.717, 1.165) is 16.6 Å². The van der Waals surface area contributed by atoms with Gasteiger partial charge in [-0.2, -0.15) is 0 Å². The number of hydrogen-bond donors (Lipinski definition) is 1. The molecule has 0 aliphatic heterocycles. The Morgan fingerprint density at radius 3 is 3.07 bits per heavy atom. The number of anilines is 1. The molecular formula is C12H17ClN2. The zero-order valence-corrected chi connectivity index (χ0v) is 9.80. The highest BCUT2D eigenvalue weighted by molar-refractivity contribution is 6.33. The van der Waals surface area contributed by atoms with Crippen molar-refractivity contribution in [2.45, 2.75) is 38.6 Å². The van der Waals surface area contributed by atoms with Crippen LogP contribution in [0.3, 0.4) is 0 Å². The second kappa shape index (κ2) is 4.84. The standard InChI is InChI=1S/C12H17ClN2/c1-9-3-2-4-10(7-9)15-12-8-14-6-5-11(12)13/h5-6,8-10,15H,2-4,7H2,1H3. The predicted octanol–water partition coefficient (Wildman–Crippen LogP) is 3.73. The third-order valence-corrected chi connectivity index (χ3v) is 3.39. The summed E-state index contributed by atoms with van der Waals surface area (Å²) in [5.41, 5.74) is 0.971. The van der Waals surface area contributed by atoms with Crippen LogP contribution in [0.5, 0.6) is 0 Å². The zero-order chi connectivity index (χ0) is 10.7. The monoisotopic (exact) mass is 224 g/mol. The summed E-state index contributed by atoms with van der Waals surface area (Å²) in [6.45, 7) is 2.32. The van der Waals surface area contributed by atoms with Crippen LogP contribution in [0.25, 0.3) is 0 Å². The molecule has 82 valence electrons. The fraction of sp³-hybridized carbons (Fsp3) is 0.583. The highest BCUT2D eigenvalue weighted by atomic mass is 35.5. The molecule has 1 saturated carbocycles. The fourth-order valence-electron chi connectivity index (χ4n) is 2.27. The van der Waals surface area contributed by atoms with Crippen molar-refractivity contribution in [2.24, 2.45) is 5.92 Å². The summed E-state index contributed by atoms with van der Waals surface area (Å²) in [5.74, 6) is 0.826. The third kappa shape index (κ3) is 2.85. The third-order valence-electron chi connectivity index (χ3n) is 3.06. The van der Waals surface area contributed by atoms with E-state index < -0.39 is 0 Å². The van der Waals surface area contributed by atoms with Crippen LogP contribution < -0.4 is 5.32 Å². The second-order valence-electron chi connectivity index (χ2n) is 4.47. The molecule has 2 nitrogen and oxygen atoms in total. The minimum atomic E-state index is 0.565. The van der Waals surface area contributed by atoms with Crippen molar-refractivity contribution in [3.05, 3.63) is 23.5 Å². The summed E-state index contributed by atoms with van der Waals surface area (Å²) < 4.78 is 0. The van der Waals surface area contributed by atoms with E-state index >= 15 is 0 Å². The Morgan fingerprint density at radius 1 is 1.47 bits per heavy atom. The molecule has 0 saturated heterocycles. The molecular weight excluding hydrogens is 208 g/mol. The van der Waals surface area contributed by atoms with E-state index in [0.29, 0.717) is 6.04 Å². The minimum Gasteiger partial charge on any atom is -0.380 e. The van der Waals surface area contributed by atoms with Gasteiger partial charge in [-0.1, -0.05) is 31.4 Å². The number of hydrogen-bond acceptors (Lipinski definition) is 2. The Hall–Kier alpha value is -0.760. The van der Waals surface area contributed by atoms with Crippen LogP contribution in [0.1, 0.15) is 32.6 Å². The first-order valence-electron chi connectivity index (χ1n) is 5.62. The molecule has 1 N–H and O–H groups in total. The van der Waals surface area contributed by atoms with E-state index in [1.807, 2.05) is 12.3 Å². The molecule has 0 aromatic carbocycles. The van der Waals surface area contributed by atoms with Crippen LogP contribution in [0.4, 0.5) is 5.69 Å². The molecule has 15 heavy (non-hydrogen) atoms. The maximum atomic E-state index is 6.08. The van der Waals surface area contributed by atoms with Crippen molar-refractivity contribution in [3.63, 3.8) is 0 Å². The molecule has 0 amide bonds. The predicted molar refractivity (Wildman–Crippen MR) is 64.3 cm³/mol. The van der Waals surface area contributed by atoms with Gasteiger partial charge in [0.15, 0.2) is 0 Å². The second-order valence-corrected chi connectivity index (χ2v) is 4.88. The Labute approximate surface area is 96.1 Å². The van der Waals surface area contributed by atoms with Gasteiger partial charge >= 0.3 is 0 Å². The summed E-state index contributed by atoms with van der Waals surface area (Å²) in [7, 11) is 0. The Balaban J connectivity index is 1.99. The molecule has 0 bridgehead atoms. The summed E-state index contributed by atoms with van der Waals surface area (Å²) >= 11 is 6.08. The summed E-state index contributed by atoms with van der Waals surface area (Å²) in [6.07, 6.45) is 8.69. The van der Waals surface area contributed by atoms with Gasteiger partial charge in [0.1, 0.15) is 0 Å². The van der Waals surface area contributed by atoms with E-state index in [-0.39, 0.29) is 0 Å². The first-order chi connectivity index (χ1) is 7.25. The SMILES string of the molecule is CC1CCCC(Nc2cnccc2Cl)C1. The topological polar surface area (TPSA) is 24.9 Å². The smallest absolute Gasteiger partial charge is 0.0718 e. The average molecular weight is 225 g/mol. The van der Waals surface area contributed by atoms with Crippen molar-refractivity contribution in [1.82, 2.24) is 4.98 Å². The molecule has 3 heteroatoms. The van der Waals surface area contributed by atoms with E-state index in [4.69, 9.17) is 11.6 Å². The van der Waals surface area contributed by atoms with Gasteiger partial charge in [-0.25, -0.2) is 0 Å². The molecule has 1 heterocycles. The Bertz CT molecular complexity index is 327. The van der Waals surface area contributed by atoms with Gasteiger partial charge in [0.2, 0.25) is 0 Å². The normalized spacial score (nSPS) is 26.3. The quantitative estimate of drug-likeness (QED) is 0.828. The van der Waals surface area contributed by atoms with Gasteiger partial charge in [-0.15, -0.1) is 0 Å². The van der Waals surface area contributed by atoms with Crippen LogP contribution in [0, 0.1) is 5.92 Å². The van der Waals surface area contributed by atoms with Crippen LogP contribution in [0.15, 0.2) is 18.5 Å². The highest BCUT2D eigenvalue weighted by Gasteiger charge is 2.19. The molecule has 1 aliphatic rings. The fourth-order valence-corrected chi connectivity index (χ4v) is 2.43. The Kier molecular flexibility index (Phi) is 3.47. The molecule has 1 aromatic heterocycles. The van der Waals surface area contributed by atoms with Crippen molar-refractivity contribution < 1.29 is 0 Å². The van der Waals surface area contributed by atoms with E-state index in [9.17, 15) is 0 Å². The van der Waals surface area contributed by atoms with E-state index in [1.165, 1.54) is 25.7 Å². The number of nitrogens with one attached hydrogen (secondary N) is 1. The summed E-state index contributed by atoms with van der Waals surface area (Å²) in [5, 5.41) is 4.25. The molecule has 0 spiro atoms. The first-order valence-corrected chi connectivity index (χ1v) is 5.99. The zero-order valence-electron chi connectivity index (χ0n) is 9.04. The molecule has 1 aliphatic carbocycles. The minimum absolute atomic E-state index is 0.565. The molecule has 2 unspecified atom stereocenters. The van der Waals surface area contributed by atoms with Crippen LogP contribution in [-0.2, 0) is 0 Å². The first kappa shape index (κ1) is 10.7. The highest BCUT2D eigenvalue weighted by Crippen LogP contribution is 2.28. The molecule has 2 rings (SSSR count). The lowest BCUT2D eigenvalue weighted by atomic mass is 9.87. The van der Waals surface area contributed by atoms with Gasteiger partial charge in [0, 0.05) is 12.2 Å². The lowest BCUT2D eigenvalue weighted by Crippen LogP contribution is -2.26. The summed E-state index contributed by atoms with van der Waals surface area (Å²) in [6, 6.07) is 2.39. The summed E-state index contributed by atoms with van der Waals surface area (Å²) in [4.78, 5) is 4.08. The van der Waals surface area contributed by atoms with Gasteiger partial charge in [-0.3, -0.25) is 4.98 Å². The van der Waals surface area contributed by atoms with Crippen molar-refractivity contribution in [3.8, 4) is 0 Å². The van der Waals surface area contributed by atoms with Crippen LogP contribution >= 0.6 is 11.6 Å². The van der Waals surface area contributed by atoms with E-state index in [1.54, 1.807) is 6.20 Å². The lowest BCUT2D eigenvalue weighted by molar-refractivity contribution is 0.358. The van der Waals surface area contributed by atoms with Crippen LogP contribution in [-0.4, -0.2) is 11.0 Å². The molecule has 1 fully saturated rings. The van der Waals surface area contributed by atoms with Gasteiger partial charge in [0.25, 0.3) is 0 Å². The van der Waals surface area contributed by atoms with Crippen molar-refractivity contribution >= 4 is 17.3 Å². The number of nitrogens with zero attached hydrogens (tertiary/aromatic N) is 1. The van der Waals surface area contributed by atoms with Gasteiger partial charge in [-0.05, 0) is 24.8 Å². The van der Waals surface area contributed by atoms with E-state index in [2.05, 4.69) is 17.2 Å². The van der Waals surface area contributed by atoms with Crippen molar-refractivity contribution in [1.29, 1.82) is 0 Å². The van der Waals surface area contributed by atoms with Gasteiger partial charge < -0.3 is 5.32 Å². The van der Waals surface area contributed by atoms with Crippen molar-refractivity contribution in [2.75, 3.05) is 5.32 Å². The maximum absolute atomic E-state index is 6.08. The average Bonchev–Trinajstić information content (AvgIpc) is 2.22. The van der Waals surface area contributed by atoms with Crippen LogP contribution in [0.2, 0.25) is 5.02 Å². The Morgan fingerprint density at radius 2 is 2.33 bits per heavy atom. The maximum Gasteiger partial charge on any atom is 0.0718 e. The lowest BCUT2D eigenvalue weighted by Gasteiger charge is -2.28. The number of pyridine rings is 1. The number of aromatic nitrogens is 1. The molecule has 0 radical (unpaired) electrons. The molecule has 2 atom stereocenters. The van der Waals surface area contributed by atoms with Gasteiger partial charge in [0.05, 0.1) is 16.9 Å². The molecule has 1 aromatic rings. The largest absolute Gasteiger partial charge is 0.380 e. The number of rotatable bonds is 2.